The third kappa shape index (κ3) is 5.71. The van der Waals surface area contributed by atoms with Crippen LogP contribution in [0.2, 0.25) is 0 Å². The van der Waals surface area contributed by atoms with Crippen molar-refractivity contribution >= 4 is 21.9 Å². The molecule has 0 N–H and O–H groups in total. The molecule has 1 aliphatic carbocycles. The first kappa shape index (κ1) is 35.8. The average Bonchev–Trinajstić information content (AvgIpc) is 3.77. The molecule has 3 heteroatoms. The molecule has 0 fully saturated rings. The molecule has 9 aromatic rings. The Morgan fingerprint density at radius 1 is 0.431 bits per heavy atom. The highest BCUT2D eigenvalue weighted by atomic mass is 16.3. The van der Waals surface area contributed by atoms with E-state index in [2.05, 4.69) is 181 Å². The molecule has 0 atom stereocenters. The van der Waals surface area contributed by atoms with Gasteiger partial charge in [-0.15, -0.1) is 0 Å². The molecule has 0 saturated heterocycles. The second kappa shape index (κ2) is 13.2. The number of benzene rings is 7. The highest BCUT2D eigenvalue weighted by Crippen LogP contribution is 2.57. The van der Waals surface area contributed by atoms with Crippen LogP contribution in [0.3, 0.4) is 0 Å². The minimum atomic E-state index is -0.563. The summed E-state index contributed by atoms with van der Waals surface area (Å²) in [6, 6.07) is 61.6. The Morgan fingerprint density at radius 2 is 1.00 bits per heavy atom. The molecule has 3 nitrogen and oxygen atoms in total. The minimum Gasteiger partial charge on any atom is -0.455 e. The number of hydrogen-bond donors (Lipinski definition) is 0. The summed E-state index contributed by atoms with van der Waals surface area (Å²) in [5.74, 6) is 0.673. The number of fused-ring (bicyclic) bond motifs is 6. The minimum absolute atomic E-state index is 0.0343. The number of furan rings is 1. The Morgan fingerprint density at radius 3 is 1.69 bits per heavy atom. The molecule has 0 bridgehead atoms. The van der Waals surface area contributed by atoms with Gasteiger partial charge in [0.25, 0.3) is 0 Å². The van der Waals surface area contributed by atoms with Crippen molar-refractivity contribution in [1.29, 1.82) is 0 Å². The van der Waals surface area contributed by atoms with E-state index < -0.39 is 5.41 Å². The summed E-state index contributed by atoms with van der Waals surface area (Å²) in [6.07, 6.45) is 0. The van der Waals surface area contributed by atoms with Gasteiger partial charge in [0, 0.05) is 27.5 Å². The van der Waals surface area contributed by atoms with Crippen molar-refractivity contribution in [3.05, 3.63) is 203 Å². The van der Waals surface area contributed by atoms with E-state index in [4.69, 9.17) is 14.4 Å². The zero-order valence-electron chi connectivity index (χ0n) is 34.0. The van der Waals surface area contributed by atoms with Crippen LogP contribution in [0.4, 0.5) is 0 Å². The van der Waals surface area contributed by atoms with Crippen LogP contribution in [-0.4, -0.2) is 9.97 Å². The molecule has 0 amide bonds. The number of nitrogens with zero attached hydrogens (tertiary/aromatic N) is 2. The lowest BCUT2D eigenvalue weighted by molar-refractivity contribution is 0.588. The van der Waals surface area contributed by atoms with Crippen LogP contribution in [-0.2, 0) is 16.2 Å². The first-order chi connectivity index (χ1) is 28.0. The molecule has 58 heavy (non-hydrogen) atoms. The topological polar surface area (TPSA) is 38.9 Å². The molecule has 0 spiro atoms. The third-order valence-electron chi connectivity index (χ3n) is 12.1. The molecule has 282 valence electrons. The third-order valence-corrected chi connectivity index (χ3v) is 12.1. The van der Waals surface area contributed by atoms with Crippen molar-refractivity contribution in [2.75, 3.05) is 0 Å². The number of aromatic nitrogens is 2. The van der Waals surface area contributed by atoms with Gasteiger partial charge < -0.3 is 4.42 Å². The fraction of sp³-hybridized carbons (Fsp3) is 0.164. The molecule has 0 unspecified atom stereocenters. The summed E-state index contributed by atoms with van der Waals surface area (Å²) >= 11 is 0. The van der Waals surface area contributed by atoms with E-state index in [1.807, 2.05) is 30.3 Å². The molecule has 1 aliphatic rings. The first-order valence-electron chi connectivity index (χ1n) is 20.3. The van der Waals surface area contributed by atoms with Crippen molar-refractivity contribution in [2.24, 2.45) is 0 Å². The summed E-state index contributed by atoms with van der Waals surface area (Å²) < 4.78 is 6.55. The van der Waals surface area contributed by atoms with E-state index in [-0.39, 0.29) is 10.8 Å². The van der Waals surface area contributed by atoms with Crippen LogP contribution < -0.4 is 0 Å². The highest BCUT2D eigenvalue weighted by molar-refractivity contribution is 6.09. The lowest BCUT2D eigenvalue weighted by atomic mass is 9.66. The molecule has 0 radical (unpaired) electrons. The van der Waals surface area contributed by atoms with Crippen LogP contribution in [0.1, 0.15) is 74.9 Å². The van der Waals surface area contributed by atoms with Gasteiger partial charge in [0.05, 0.1) is 16.8 Å². The molecule has 2 aromatic heterocycles. The van der Waals surface area contributed by atoms with Crippen molar-refractivity contribution in [3.8, 4) is 45.0 Å². The maximum Gasteiger partial charge on any atom is 0.160 e. The van der Waals surface area contributed by atoms with E-state index in [0.717, 1.165) is 50.0 Å². The monoisotopic (exact) mass is 750 g/mol. The van der Waals surface area contributed by atoms with Gasteiger partial charge in [0.15, 0.2) is 5.82 Å². The van der Waals surface area contributed by atoms with Gasteiger partial charge in [-0.3, -0.25) is 0 Å². The van der Waals surface area contributed by atoms with Crippen LogP contribution >= 0.6 is 0 Å². The highest BCUT2D eigenvalue weighted by Gasteiger charge is 2.46. The lowest BCUT2D eigenvalue weighted by Gasteiger charge is -2.35. The molecule has 0 saturated carbocycles. The van der Waals surface area contributed by atoms with Gasteiger partial charge in [0.1, 0.15) is 11.2 Å². The number of hydrogen-bond acceptors (Lipinski definition) is 3. The van der Waals surface area contributed by atoms with Gasteiger partial charge in [-0.1, -0.05) is 187 Å². The maximum absolute atomic E-state index is 6.55. The molecule has 0 aliphatic heterocycles. The predicted octanol–water partition coefficient (Wildman–Crippen LogP) is 14.3. The molecular weight excluding hydrogens is 705 g/mol. The second-order valence-corrected chi connectivity index (χ2v) is 17.8. The van der Waals surface area contributed by atoms with Gasteiger partial charge in [-0.05, 0) is 79.6 Å². The average molecular weight is 751 g/mol. The van der Waals surface area contributed by atoms with Gasteiger partial charge in [-0.2, -0.15) is 0 Å². The van der Waals surface area contributed by atoms with E-state index in [9.17, 15) is 0 Å². The van der Waals surface area contributed by atoms with Crippen molar-refractivity contribution in [3.63, 3.8) is 0 Å². The van der Waals surface area contributed by atoms with Crippen molar-refractivity contribution < 1.29 is 4.42 Å². The Labute approximate surface area is 341 Å². The second-order valence-electron chi connectivity index (χ2n) is 17.8. The van der Waals surface area contributed by atoms with E-state index in [1.165, 1.54) is 44.5 Å². The zero-order valence-corrected chi connectivity index (χ0v) is 34.0. The fourth-order valence-corrected chi connectivity index (χ4v) is 9.07. The maximum atomic E-state index is 6.55. The molecule has 10 rings (SSSR count). The standard InChI is InChI=1S/C55H46N2O/c1-53(2,3)37-24-28-39(29-25-37)55(40-30-26-38(27-31-40)54(4,5)6)46-21-12-10-17-41(46)42-32-23-36(33-47(42)55)48-34-49(57-52(56-48)35-15-8-7-9-16-35)45-20-14-19-44-43-18-11-13-22-50(43)58-51(44)45/h7-34H,1-6H3. The quantitative estimate of drug-likeness (QED) is 0.176. The van der Waals surface area contributed by atoms with Crippen LogP contribution in [0.25, 0.3) is 67.0 Å². The van der Waals surface area contributed by atoms with Crippen LogP contribution in [0, 0.1) is 0 Å². The Hall–Kier alpha value is -6.58. The normalized spacial score (nSPS) is 13.5. The Balaban J connectivity index is 1.23. The zero-order chi connectivity index (χ0) is 39.8. The van der Waals surface area contributed by atoms with Gasteiger partial charge in [0.2, 0.25) is 0 Å². The van der Waals surface area contributed by atoms with Gasteiger partial charge in [-0.25, -0.2) is 9.97 Å². The fourth-order valence-electron chi connectivity index (χ4n) is 9.07. The van der Waals surface area contributed by atoms with Gasteiger partial charge >= 0.3 is 0 Å². The summed E-state index contributed by atoms with van der Waals surface area (Å²) in [5.41, 5.74) is 16.0. The van der Waals surface area contributed by atoms with E-state index >= 15 is 0 Å². The number of rotatable bonds is 5. The first-order valence-corrected chi connectivity index (χ1v) is 20.3. The van der Waals surface area contributed by atoms with Crippen molar-refractivity contribution in [2.45, 2.75) is 57.8 Å². The van der Waals surface area contributed by atoms with E-state index in [0.29, 0.717) is 5.82 Å². The molecule has 2 heterocycles. The predicted molar refractivity (Wildman–Crippen MR) is 240 cm³/mol. The summed E-state index contributed by atoms with van der Waals surface area (Å²) in [5, 5.41) is 2.17. The van der Waals surface area contributed by atoms with Crippen LogP contribution in [0.15, 0.2) is 174 Å². The van der Waals surface area contributed by atoms with Crippen molar-refractivity contribution in [1.82, 2.24) is 9.97 Å². The smallest absolute Gasteiger partial charge is 0.160 e. The SMILES string of the molecule is CC(C)(C)c1ccc(C2(c3ccc(C(C)(C)C)cc3)c3ccccc3-c3ccc(-c4cc(-c5cccc6c5oc5ccccc56)nc(-c5ccccc5)n4)cc32)cc1. The molecule has 7 aromatic carbocycles. The summed E-state index contributed by atoms with van der Waals surface area (Å²) in [6.45, 7) is 13.7. The lowest BCUT2D eigenvalue weighted by Crippen LogP contribution is -2.29. The number of para-hydroxylation sites is 2. The van der Waals surface area contributed by atoms with Crippen LogP contribution in [0.5, 0.6) is 0 Å². The summed E-state index contributed by atoms with van der Waals surface area (Å²) in [7, 11) is 0. The summed E-state index contributed by atoms with van der Waals surface area (Å²) in [4.78, 5) is 10.6. The molecular formula is C55H46N2O. The van der Waals surface area contributed by atoms with E-state index in [1.54, 1.807) is 0 Å². The largest absolute Gasteiger partial charge is 0.455 e. The Bertz CT molecular complexity index is 2940. The Kier molecular flexibility index (Phi) is 8.18.